The summed E-state index contributed by atoms with van der Waals surface area (Å²) in [5.74, 6) is -0.736. The molecular formula is C24H41IO3. The molecule has 0 saturated carbocycles. The molecule has 1 aromatic carbocycles. The minimum Gasteiger partial charge on any atom is -0.331 e. The second-order valence-corrected chi connectivity index (χ2v) is 9.13. The highest BCUT2D eigenvalue weighted by molar-refractivity contribution is 14.1. The van der Waals surface area contributed by atoms with Crippen LogP contribution in [0, 0.1) is 5.92 Å². The van der Waals surface area contributed by atoms with Crippen molar-refractivity contribution in [2.45, 2.75) is 88.0 Å². The van der Waals surface area contributed by atoms with E-state index in [9.17, 15) is 0 Å². The maximum absolute atomic E-state index is 5.72. The van der Waals surface area contributed by atoms with Crippen molar-refractivity contribution in [1.82, 2.24) is 0 Å². The van der Waals surface area contributed by atoms with E-state index in [1.807, 2.05) is 0 Å². The summed E-state index contributed by atoms with van der Waals surface area (Å²) in [5, 5.41) is 0. The molecule has 0 aliphatic rings. The monoisotopic (exact) mass is 504 g/mol. The average Bonchev–Trinajstić information content (AvgIpc) is 2.74. The van der Waals surface area contributed by atoms with E-state index in [1.54, 1.807) is 21.3 Å². The molecule has 0 amide bonds. The van der Waals surface area contributed by atoms with E-state index in [4.69, 9.17) is 14.2 Å². The lowest BCUT2D eigenvalue weighted by Gasteiger charge is -2.36. The van der Waals surface area contributed by atoms with Crippen LogP contribution in [0.1, 0.15) is 86.7 Å². The van der Waals surface area contributed by atoms with E-state index >= 15 is 0 Å². The first-order valence-corrected chi connectivity index (χ1v) is 12.2. The molecule has 162 valence electrons. The quantitative estimate of drug-likeness (QED) is 0.101. The Hall–Kier alpha value is -0.170. The molecule has 1 rings (SSSR count). The van der Waals surface area contributed by atoms with Crippen LogP contribution in [-0.2, 0) is 20.6 Å². The summed E-state index contributed by atoms with van der Waals surface area (Å²) in [6.45, 7) is 4.50. The van der Waals surface area contributed by atoms with Gasteiger partial charge in [0.05, 0.1) is 0 Å². The molecule has 0 aliphatic heterocycles. The lowest BCUT2D eigenvalue weighted by atomic mass is 9.90. The van der Waals surface area contributed by atoms with Crippen LogP contribution in [0.15, 0.2) is 24.3 Å². The summed E-state index contributed by atoms with van der Waals surface area (Å²) in [5.41, 5.74) is 2.81. The largest absolute Gasteiger partial charge is 0.331 e. The highest BCUT2D eigenvalue weighted by Crippen LogP contribution is 2.33. The van der Waals surface area contributed by atoms with Crippen molar-refractivity contribution in [3.05, 3.63) is 35.4 Å². The number of halogens is 1. The van der Waals surface area contributed by atoms with Gasteiger partial charge in [-0.15, -0.1) is 0 Å². The van der Waals surface area contributed by atoms with E-state index in [-0.39, 0.29) is 5.92 Å². The molecule has 3 nitrogen and oxygen atoms in total. The fourth-order valence-electron chi connectivity index (χ4n) is 3.94. The minimum absolute atomic E-state index is 0.212. The van der Waals surface area contributed by atoms with E-state index in [1.165, 1.54) is 49.7 Å². The Bertz CT molecular complexity index is 508. The molecule has 0 fully saturated rings. The molecule has 28 heavy (non-hydrogen) atoms. The Morgan fingerprint density at radius 1 is 0.893 bits per heavy atom. The molecule has 0 bridgehead atoms. The van der Waals surface area contributed by atoms with Gasteiger partial charge in [0.15, 0.2) is 0 Å². The first kappa shape index (κ1) is 25.9. The van der Waals surface area contributed by atoms with Crippen LogP contribution in [0.4, 0.5) is 0 Å². The maximum atomic E-state index is 5.72. The summed E-state index contributed by atoms with van der Waals surface area (Å²) in [6, 6.07) is 9.02. The van der Waals surface area contributed by atoms with Crippen molar-refractivity contribution in [1.29, 1.82) is 0 Å². The molecule has 0 N–H and O–H groups in total. The fraction of sp³-hybridized carbons (Fsp3) is 0.750. The third-order valence-electron chi connectivity index (χ3n) is 5.71. The minimum atomic E-state index is -0.948. The Morgan fingerprint density at radius 2 is 1.54 bits per heavy atom. The van der Waals surface area contributed by atoms with Gasteiger partial charge in [-0.2, -0.15) is 0 Å². The van der Waals surface area contributed by atoms with Gasteiger partial charge in [-0.3, -0.25) is 0 Å². The molecule has 0 radical (unpaired) electrons. The molecule has 4 heteroatoms. The van der Waals surface area contributed by atoms with Crippen LogP contribution in [0.3, 0.4) is 0 Å². The number of benzene rings is 1. The molecule has 0 saturated heterocycles. The van der Waals surface area contributed by atoms with Crippen molar-refractivity contribution < 1.29 is 14.2 Å². The molecule has 0 spiro atoms. The second-order valence-electron chi connectivity index (χ2n) is 7.63. The average molecular weight is 504 g/mol. The van der Waals surface area contributed by atoms with Gasteiger partial charge in [-0.1, -0.05) is 99.2 Å². The van der Waals surface area contributed by atoms with Crippen LogP contribution < -0.4 is 0 Å². The van der Waals surface area contributed by atoms with Crippen molar-refractivity contribution in [3.8, 4) is 0 Å². The predicted octanol–water partition coefficient (Wildman–Crippen LogP) is 7.47. The number of alkyl halides is 1. The van der Waals surface area contributed by atoms with E-state index in [0.717, 1.165) is 25.7 Å². The van der Waals surface area contributed by atoms with Crippen molar-refractivity contribution >= 4 is 22.6 Å². The number of unbranched alkanes of at least 4 members (excludes halogenated alkanes) is 5. The van der Waals surface area contributed by atoms with Crippen LogP contribution in [0.25, 0.3) is 0 Å². The van der Waals surface area contributed by atoms with Crippen LogP contribution in [0.2, 0.25) is 0 Å². The SMILES string of the molecule is CCCCCCCCC(CCc1cccc(C(I)CC)c1)C(OC)(OC)OC. The Kier molecular flexibility index (Phi) is 13.6. The van der Waals surface area contributed by atoms with Gasteiger partial charge in [0.2, 0.25) is 0 Å². The smallest absolute Gasteiger partial charge is 0.285 e. The van der Waals surface area contributed by atoms with Gasteiger partial charge in [-0.05, 0) is 36.8 Å². The summed E-state index contributed by atoms with van der Waals surface area (Å²) >= 11 is 2.53. The summed E-state index contributed by atoms with van der Waals surface area (Å²) in [4.78, 5) is 0. The zero-order valence-corrected chi connectivity index (χ0v) is 20.8. The fourth-order valence-corrected chi connectivity index (χ4v) is 4.33. The molecule has 2 atom stereocenters. The van der Waals surface area contributed by atoms with Gasteiger partial charge in [0, 0.05) is 31.2 Å². The van der Waals surface area contributed by atoms with E-state index in [0.29, 0.717) is 3.92 Å². The van der Waals surface area contributed by atoms with Gasteiger partial charge < -0.3 is 14.2 Å². The predicted molar refractivity (Wildman–Crippen MR) is 127 cm³/mol. The lowest BCUT2D eigenvalue weighted by molar-refractivity contribution is -0.380. The Morgan fingerprint density at radius 3 is 2.14 bits per heavy atom. The number of rotatable bonds is 16. The van der Waals surface area contributed by atoms with Crippen molar-refractivity contribution in [2.24, 2.45) is 5.92 Å². The van der Waals surface area contributed by atoms with Gasteiger partial charge in [0.1, 0.15) is 0 Å². The Labute approximate surface area is 187 Å². The first-order valence-electron chi connectivity index (χ1n) is 10.9. The Balaban J connectivity index is 2.74. The van der Waals surface area contributed by atoms with Gasteiger partial charge in [-0.25, -0.2) is 0 Å². The molecule has 0 aliphatic carbocycles. The third-order valence-corrected chi connectivity index (χ3v) is 7.31. The van der Waals surface area contributed by atoms with Crippen molar-refractivity contribution in [2.75, 3.05) is 21.3 Å². The van der Waals surface area contributed by atoms with E-state index < -0.39 is 5.97 Å². The zero-order chi connectivity index (χ0) is 20.8. The highest BCUT2D eigenvalue weighted by atomic mass is 127. The normalized spacial score (nSPS) is 14.2. The van der Waals surface area contributed by atoms with E-state index in [2.05, 4.69) is 60.7 Å². The first-order chi connectivity index (χ1) is 13.6. The summed E-state index contributed by atoms with van der Waals surface area (Å²) < 4.78 is 17.7. The summed E-state index contributed by atoms with van der Waals surface area (Å²) in [7, 11) is 5.05. The van der Waals surface area contributed by atoms with Crippen LogP contribution in [-0.4, -0.2) is 27.3 Å². The number of hydrogen-bond donors (Lipinski definition) is 0. The molecule has 2 unspecified atom stereocenters. The molecular weight excluding hydrogens is 463 g/mol. The third kappa shape index (κ3) is 8.29. The highest BCUT2D eigenvalue weighted by Gasteiger charge is 2.39. The number of ether oxygens (including phenoxy) is 3. The number of aryl methyl sites for hydroxylation is 1. The lowest BCUT2D eigenvalue weighted by Crippen LogP contribution is -2.44. The summed E-state index contributed by atoms with van der Waals surface area (Å²) in [6.07, 6.45) is 12.0. The van der Waals surface area contributed by atoms with Crippen LogP contribution in [0.5, 0.6) is 0 Å². The maximum Gasteiger partial charge on any atom is 0.285 e. The van der Waals surface area contributed by atoms with Gasteiger partial charge >= 0.3 is 0 Å². The number of hydrogen-bond acceptors (Lipinski definition) is 3. The molecule has 0 aromatic heterocycles. The zero-order valence-electron chi connectivity index (χ0n) is 18.6. The van der Waals surface area contributed by atoms with Crippen molar-refractivity contribution in [3.63, 3.8) is 0 Å². The molecule has 1 aromatic rings. The second kappa shape index (κ2) is 14.8. The standard InChI is InChI=1S/C24H41IO3/c1-6-8-9-10-11-12-16-22(24(26-3,27-4)28-5)18-17-20-14-13-15-21(19-20)23(25)7-2/h13-15,19,22-23H,6-12,16-18H2,1-5H3. The number of methoxy groups -OCH3 is 3. The van der Waals surface area contributed by atoms with Crippen LogP contribution >= 0.6 is 22.6 Å². The topological polar surface area (TPSA) is 27.7 Å². The molecule has 0 heterocycles. The van der Waals surface area contributed by atoms with Gasteiger partial charge in [0.25, 0.3) is 5.97 Å².